The zero-order valence-electron chi connectivity index (χ0n) is 14.6. The number of hydrogen-bond donors (Lipinski definition) is 4. The third-order valence-electron chi connectivity index (χ3n) is 4.10. The normalized spacial score (nSPS) is 23.6. The van der Waals surface area contributed by atoms with Gasteiger partial charge in [0.1, 0.15) is 18.8 Å². The zero-order chi connectivity index (χ0) is 21.1. The fourth-order valence-electron chi connectivity index (χ4n) is 2.66. The SMILES string of the molecule is O=C(Nc1nc(=O)n(C2O[C@H](C(=O)O)[C@@H](O)[C@H]2O)cc1F)OCc1ccccc1. The molecule has 2 aromatic rings. The van der Waals surface area contributed by atoms with E-state index in [1.807, 2.05) is 5.32 Å². The minimum absolute atomic E-state index is 0.0953. The highest BCUT2D eigenvalue weighted by molar-refractivity contribution is 5.83. The first kappa shape index (κ1) is 20.4. The Morgan fingerprint density at radius 2 is 1.93 bits per heavy atom. The van der Waals surface area contributed by atoms with Crippen LogP contribution in [0.25, 0.3) is 0 Å². The first-order valence-electron chi connectivity index (χ1n) is 8.28. The number of nitrogens with one attached hydrogen (secondary N) is 1. The summed E-state index contributed by atoms with van der Waals surface area (Å²) in [6.45, 7) is -0.0953. The quantitative estimate of drug-likeness (QED) is 0.526. The topological polar surface area (TPSA) is 160 Å². The molecule has 1 aliphatic rings. The Labute approximate surface area is 161 Å². The van der Waals surface area contributed by atoms with Crippen LogP contribution in [-0.4, -0.2) is 55.2 Å². The van der Waals surface area contributed by atoms with Crippen LogP contribution in [0.2, 0.25) is 0 Å². The van der Waals surface area contributed by atoms with E-state index in [1.165, 1.54) is 0 Å². The lowest BCUT2D eigenvalue weighted by atomic mass is 10.1. The number of hydrogen-bond acceptors (Lipinski definition) is 8. The van der Waals surface area contributed by atoms with E-state index in [0.29, 0.717) is 16.3 Å². The van der Waals surface area contributed by atoms with Crippen LogP contribution in [0.3, 0.4) is 0 Å². The Morgan fingerprint density at radius 1 is 1.24 bits per heavy atom. The minimum Gasteiger partial charge on any atom is -0.479 e. The van der Waals surface area contributed by atoms with Gasteiger partial charge in [-0.05, 0) is 5.56 Å². The Kier molecular flexibility index (Phi) is 5.87. The number of aromatic nitrogens is 2. The van der Waals surface area contributed by atoms with E-state index in [4.69, 9.17) is 14.6 Å². The molecule has 12 heteroatoms. The van der Waals surface area contributed by atoms with Crippen molar-refractivity contribution in [2.75, 3.05) is 5.32 Å². The second kappa shape index (κ2) is 8.34. The second-order valence-corrected chi connectivity index (χ2v) is 6.08. The third-order valence-corrected chi connectivity index (χ3v) is 4.10. The van der Waals surface area contributed by atoms with E-state index in [1.54, 1.807) is 30.3 Å². The van der Waals surface area contributed by atoms with Crippen molar-refractivity contribution in [2.24, 2.45) is 0 Å². The van der Waals surface area contributed by atoms with Crippen molar-refractivity contribution in [3.05, 3.63) is 58.4 Å². The molecule has 154 valence electrons. The van der Waals surface area contributed by atoms with Gasteiger partial charge in [0.25, 0.3) is 0 Å². The Bertz CT molecular complexity index is 967. The largest absolute Gasteiger partial charge is 0.479 e. The number of halogens is 1. The van der Waals surface area contributed by atoms with Gasteiger partial charge >= 0.3 is 17.8 Å². The number of carbonyl (C=O) groups is 2. The van der Waals surface area contributed by atoms with E-state index in [-0.39, 0.29) is 6.61 Å². The van der Waals surface area contributed by atoms with Gasteiger partial charge in [-0.15, -0.1) is 0 Å². The molecule has 4 N–H and O–H groups in total. The molecular weight excluding hydrogens is 393 g/mol. The van der Waals surface area contributed by atoms with Gasteiger partial charge in [-0.3, -0.25) is 9.88 Å². The van der Waals surface area contributed by atoms with Crippen molar-refractivity contribution in [3.8, 4) is 0 Å². The lowest BCUT2D eigenvalue weighted by Crippen LogP contribution is -2.37. The number of carbonyl (C=O) groups excluding carboxylic acids is 1. The molecule has 0 bridgehead atoms. The van der Waals surface area contributed by atoms with Crippen LogP contribution in [0.1, 0.15) is 11.8 Å². The molecule has 0 spiro atoms. The molecule has 1 fully saturated rings. The number of benzene rings is 1. The molecule has 4 atom stereocenters. The predicted octanol–water partition coefficient (Wildman–Crippen LogP) is -0.165. The number of aliphatic hydroxyl groups is 2. The van der Waals surface area contributed by atoms with Crippen molar-refractivity contribution in [1.29, 1.82) is 0 Å². The highest BCUT2D eigenvalue weighted by Gasteiger charge is 2.48. The average molecular weight is 409 g/mol. The molecule has 1 saturated heterocycles. The number of aliphatic carboxylic acids is 1. The number of amides is 1. The molecule has 3 rings (SSSR count). The van der Waals surface area contributed by atoms with Crippen LogP contribution < -0.4 is 11.0 Å². The molecule has 0 saturated carbocycles. The van der Waals surface area contributed by atoms with E-state index in [9.17, 15) is 29.0 Å². The molecular formula is C17H16FN3O8. The van der Waals surface area contributed by atoms with Crippen molar-refractivity contribution in [2.45, 2.75) is 31.1 Å². The van der Waals surface area contributed by atoms with Gasteiger partial charge in [0.2, 0.25) is 0 Å². The second-order valence-electron chi connectivity index (χ2n) is 6.08. The first-order valence-corrected chi connectivity index (χ1v) is 8.28. The summed E-state index contributed by atoms with van der Waals surface area (Å²) in [5.74, 6) is -3.47. The van der Waals surface area contributed by atoms with Gasteiger partial charge in [-0.1, -0.05) is 30.3 Å². The molecule has 1 aromatic carbocycles. The predicted molar refractivity (Wildman–Crippen MR) is 92.3 cm³/mol. The summed E-state index contributed by atoms with van der Waals surface area (Å²) < 4.78 is 24.6. The highest BCUT2D eigenvalue weighted by Crippen LogP contribution is 2.29. The molecule has 1 amide bonds. The third kappa shape index (κ3) is 4.39. The number of ether oxygens (including phenoxy) is 2. The Balaban J connectivity index is 1.72. The fourth-order valence-corrected chi connectivity index (χ4v) is 2.66. The molecule has 29 heavy (non-hydrogen) atoms. The van der Waals surface area contributed by atoms with Crippen molar-refractivity contribution in [3.63, 3.8) is 0 Å². The summed E-state index contributed by atoms with van der Waals surface area (Å²) >= 11 is 0. The highest BCUT2D eigenvalue weighted by atomic mass is 19.1. The van der Waals surface area contributed by atoms with Crippen LogP contribution in [0.15, 0.2) is 41.3 Å². The van der Waals surface area contributed by atoms with Crippen LogP contribution in [0.5, 0.6) is 0 Å². The zero-order valence-corrected chi connectivity index (χ0v) is 14.6. The van der Waals surface area contributed by atoms with E-state index >= 15 is 0 Å². The minimum atomic E-state index is -1.83. The smallest absolute Gasteiger partial charge is 0.413 e. The Morgan fingerprint density at radius 3 is 2.55 bits per heavy atom. The van der Waals surface area contributed by atoms with Crippen molar-refractivity contribution < 1.29 is 38.8 Å². The summed E-state index contributed by atoms with van der Waals surface area (Å²) in [5, 5.41) is 30.5. The van der Waals surface area contributed by atoms with Crippen molar-refractivity contribution in [1.82, 2.24) is 9.55 Å². The summed E-state index contributed by atoms with van der Waals surface area (Å²) in [6.07, 6.45) is -7.64. The summed E-state index contributed by atoms with van der Waals surface area (Å²) in [5.41, 5.74) is -0.475. The summed E-state index contributed by atoms with van der Waals surface area (Å²) in [7, 11) is 0. The maximum Gasteiger partial charge on any atom is 0.413 e. The number of carboxylic acid groups (broad SMARTS) is 1. The van der Waals surface area contributed by atoms with Crippen LogP contribution in [0.4, 0.5) is 15.0 Å². The molecule has 1 aliphatic heterocycles. The van der Waals surface area contributed by atoms with Crippen molar-refractivity contribution >= 4 is 17.9 Å². The van der Waals surface area contributed by atoms with E-state index < -0.39 is 53.9 Å². The van der Waals surface area contributed by atoms with Gasteiger partial charge in [0.15, 0.2) is 24.0 Å². The molecule has 0 radical (unpaired) electrons. The number of aliphatic hydroxyl groups excluding tert-OH is 2. The summed E-state index contributed by atoms with van der Waals surface area (Å²) in [6, 6.07) is 8.67. The van der Waals surface area contributed by atoms with Gasteiger partial charge < -0.3 is 24.8 Å². The first-order chi connectivity index (χ1) is 13.8. The number of rotatable bonds is 5. The molecule has 1 unspecified atom stereocenters. The standard InChI is InChI=1S/C17H16FN3O8/c18-9-6-21(14-11(23)10(22)12(29-14)15(24)25)16(26)19-13(9)20-17(27)28-7-8-4-2-1-3-5-8/h1-6,10-12,14,22-23H,7H2,(H,24,25)(H,19,20,26,27)/t10-,11+,12-,14?/m0/s1. The fraction of sp³-hybridized carbons (Fsp3) is 0.294. The maximum absolute atomic E-state index is 14.3. The van der Waals surface area contributed by atoms with E-state index in [2.05, 4.69) is 4.98 Å². The van der Waals surface area contributed by atoms with Gasteiger partial charge in [0, 0.05) is 0 Å². The maximum atomic E-state index is 14.3. The molecule has 0 aliphatic carbocycles. The Hall–Kier alpha value is -3.35. The van der Waals surface area contributed by atoms with E-state index in [0.717, 1.165) is 0 Å². The molecule has 1 aromatic heterocycles. The number of carboxylic acids is 1. The number of anilines is 1. The average Bonchev–Trinajstić information content (AvgIpc) is 2.99. The lowest BCUT2D eigenvalue weighted by Gasteiger charge is -2.17. The van der Waals surface area contributed by atoms with Gasteiger partial charge in [0.05, 0.1) is 6.20 Å². The monoisotopic (exact) mass is 409 g/mol. The van der Waals surface area contributed by atoms with Gasteiger partial charge in [-0.2, -0.15) is 4.98 Å². The van der Waals surface area contributed by atoms with Crippen LogP contribution in [-0.2, 0) is 20.9 Å². The summed E-state index contributed by atoms with van der Waals surface area (Å²) in [4.78, 5) is 38.3. The van der Waals surface area contributed by atoms with Crippen LogP contribution >= 0.6 is 0 Å². The van der Waals surface area contributed by atoms with Gasteiger partial charge in [-0.25, -0.2) is 18.8 Å². The number of nitrogens with zero attached hydrogens (tertiary/aromatic N) is 2. The molecule has 11 nitrogen and oxygen atoms in total. The van der Waals surface area contributed by atoms with Crippen LogP contribution in [0, 0.1) is 5.82 Å². The lowest BCUT2D eigenvalue weighted by molar-refractivity contribution is -0.155. The molecule has 2 heterocycles.